The first-order valence-corrected chi connectivity index (χ1v) is 5.69. The Labute approximate surface area is 105 Å². The summed E-state index contributed by atoms with van der Waals surface area (Å²) in [6, 6.07) is 5.08. The lowest BCUT2D eigenvalue weighted by Crippen LogP contribution is -2.38. The molecule has 94 valence electrons. The van der Waals surface area contributed by atoms with Crippen LogP contribution in [-0.2, 0) is 6.54 Å². The molecule has 0 radical (unpaired) electrons. The molecule has 6 heteroatoms. The zero-order chi connectivity index (χ0) is 12.8. The van der Waals surface area contributed by atoms with Crippen LogP contribution in [0.4, 0.5) is 10.5 Å². The smallest absolute Gasteiger partial charge is 0.319 e. The van der Waals surface area contributed by atoms with Gasteiger partial charge in [-0.25, -0.2) is 4.79 Å². The van der Waals surface area contributed by atoms with Crippen molar-refractivity contribution in [3.8, 4) is 0 Å². The lowest BCUT2D eigenvalue weighted by atomic mass is 10.3. The number of rotatable bonds is 4. The van der Waals surface area contributed by atoms with E-state index in [4.69, 9.17) is 0 Å². The van der Waals surface area contributed by atoms with E-state index in [1.54, 1.807) is 35.4 Å². The van der Waals surface area contributed by atoms with Crippen LogP contribution in [-0.4, -0.2) is 26.8 Å². The van der Waals surface area contributed by atoms with E-state index < -0.39 is 0 Å². The summed E-state index contributed by atoms with van der Waals surface area (Å²) in [6.45, 7) is 2.56. The fourth-order valence-corrected chi connectivity index (χ4v) is 1.56. The van der Waals surface area contributed by atoms with E-state index in [1.165, 1.54) is 0 Å². The molecule has 1 atom stereocenters. The number of hydrogen-bond acceptors (Lipinski definition) is 3. The molecule has 6 nitrogen and oxygen atoms in total. The number of nitrogens with zero attached hydrogens (tertiary/aromatic N) is 3. The molecule has 0 aliphatic carbocycles. The van der Waals surface area contributed by atoms with Gasteiger partial charge in [0.2, 0.25) is 0 Å². The quantitative estimate of drug-likeness (QED) is 0.857. The summed E-state index contributed by atoms with van der Waals surface area (Å²) < 4.78 is 1.78. The van der Waals surface area contributed by atoms with Crippen molar-refractivity contribution in [2.75, 3.05) is 5.32 Å². The highest BCUT2D eigenvalue weighted by atomic mass is 16.2. The molecule has 0 saturated carbocycles. The van der Waals surface area contributed by atoms with Gasteiger partial charge in [-0.2, -0.15) is 5.10 Å². The van der Waals surface area contributed by atoms with Crippen LogP contribution in [0.2, 0.25) is 0 Å². The molecule has 2 heterocycles. The van der Waals surface area contributed by atoms with Gasteiger partial charge in [-0.15, -0.1) is 0 Å². The zero-order valence-corrected chi connectivity index (χ0v) is 10.1. The van der Waals surface area contributed by atoms with Gasteiger partial charge in [-0.1, -0.05) is 0 Å². The molecular formula is C12H15N5O. The van der Waals surface area contributed by atoms with Gasteiger partial charge < -0.3 is 10.6 Å². The third-order valence-corrected chi connectivity index (χ3v) is 2.34. The topological polar surface area (TPSA) is 71.8 Å². The fraction of sp³-hybridized carbons (Fsp3) is 0.250. The maximum Gasteiger partial charge on any atom is 0.319 e. The van der Waals surface area contributed by atoms with Crippen molar-refractivity contribution in [3.63, 3.8) is 0 Å². The molecule has 0 bridgehead atoms. The Morgan fingerprint density at radius 1 is 1.39 bits per heavy atom. The number of hydrogen-bond donors (Lipinski definition) is 2. The average Bonchev–Trinajstić information content (AvgIpc) is 2.82. The first kappa shape index (κ1) is 12.1. The van der Waals surface area contributed by atoms with Gasteiger partial charge in [-0.05, 0) is 25.1 Å². The van der Waals surface area contributed by atoms with E-state index in [0.29, 0.717) is 12.2 Å². The number of amides is 2. The van der Waals surface area contributed by atoms with Crippen molar-refractivity contribution in [1.29, 1.82) is 0 Å². The van der Waals surface area contributed by atoms with Crippen molar-refractivity contribution in [1.82, 2.24) is 20.1 Å². The lowest BCUT2D eigenvalue weighted by Gasteiger charge is -2.14. The number of carbonyl (C=O) groups excluding carboxylic acids is 1. The van der Waals surface area contributed by atoms with Gasteiger partial charge in [-0.3, -0.25) is 9.67 Å². The molecule has 2 rings (SSSR count). The molecule has 0 fully saturated rings. The third kappa shape index (κ3) is 3.58. The van der Waals surface area contributed by atoms with Gasteiger partial charge in [0.1, 0.15) is 0 Å². The molecule has 2 amide bonds. The minimum atomic E-state index is -0.235. The van der Waals surface area contributed by atoms with Crippen LogP contribution in [0.3, 0.4) is 0 Å². The molecule has 18 heavy (non-hydrogen) atoms. The van der Waals surface area contributed by atoms with Crippen LogP contribution >= 0.6 is 0 Å². The van der Waals surface area contributed by atoms with Crippen LogP contribution in [0.1, 0.15) is 6.92 Å². The van der Waals surface area contributed by atoms with Crippen molar-refractivity contribution in [2.45, 2.75) is 19.5 Å². The number of anilines is 1. The number of urea groups is 1. The highest BCUT2D eigenvalue weighted by Crippen LogP contribution is 2.02. The molecule has 0 aromatic carbocycles. The second-order valence-electron chi connectivity index (χ2n) is 3.96. The van der Waals surface area contributed by atoms with Crippen LogP contribution < -0.4 is 10.6 Å². The normalized spacial score (nSPS) is 11.8. The molecular weight excluding hydrogens is 230 g/mol. The van der Waals surface area contributed by atoms with E-state index in [0.717, 1.165) is 0 Å². The Kier molecular flexibility index (Phi) is 3.90. The maximum absolute atomic E-state index is 11.7. The van der Waals surface area contributed by atoms with Crippen LogP contribution in [0, 0.1) is 0 Å². The van der Waals surface area contributed by atoms with Crippen molar-refractivity contribution in [2.24, 2.45) is 0 Å². The SMILES string of the molecule is C[C@@H](Cn1cccn1)NC(=O)Nc1ccncc1. The monoisotopic (exact) mass is 245 g/mol. The Bertz CT molecular complexity index is 482. The number of nitrogens with one attached hydrogen (secondary N) is 2. The van der Waals surface area contributed by atoms with Gasteiger partial charge >= 0.3 is 6.03 Å². The second-order valence-corrected chi connectivity index (χ2v) is 3.96. The van der Waals surface area contributed by atoms with Crippen LogP contribution in [0.5, 0.6) is 0 Å². The third-order valence-electron chi connectivity index (χ3n) is 2.34. The molecule has 0 aliphatic rings. The molecule has 0 aliphatic heterocycles. The van der Waals surface area contributed by atoms with Crippen LogP contribution in [0.25, 0.3) is 0 Å². The number of carbonyl (C=O) groups is 1. The summed E-state index contributed by atoms with van der Waals surface area (Å²) in [5.41, 5.74) is 0.716. The van der Waals surface area contributed by atoms with E-state index in [9.17, 15) is 4.79 Å². The van der Waals surface area contributed by atoms with Gasteiger partial charge in [0.05, 0.1) is 6.54 Å². The average molecular weight is 245 g/mol. The summed E-state index contributed by atoms with van der Waals surface area (Å²) in [6.07, 6.45) is 6.83. The van der Waals surface area contributed by atoms with E-state index in [-0.39, 0.29) is 12.1 Å². The molecule has 2 N–H and O–H groups in total. The summed E-state index contributed by atoms with van der Waals surface area (Å²) >= 11 is 0. The molecule has 0 unspecified atom stereocenters. The standard InChI is InChI=1S/C12H15N5O/c1-10(9-17-8-2-5-14-17)15-12(18)16-11-3-6-13-7-4-11/h2-8,10H,9H2,1H3,(H2,13,15,16,18)/t10-/m0/s1. The lowest BCUT2D eigenvalue weighted by molar-refractivity contribution is 0.247. The fourth-order valence-electron chi connectivity index (χ4n) is 1.56. The Morgan fingerprint density at radius 3 is 2.83 bits per heavy atom. The van der Waals surface area contributed by atoms with Crippen molar-refractivity contribution in [3.05, 3.63) is 43.0 Å². The molecule has 0 spiro atoms. The van der Waals surface area contributed by atoms with Crippen molar-refractivity contribution >= 4 is 11.7 Å². The molecule has 2 aromatic heterocycles. The molecule has 0 saturated heterocycles. The Morgan fingerprint density at radius 2 is 2.17 bits per heavy atom. The second kappa shape index (κ2) is 5.81. The van der Waals surface area contributed by atoms with E-state index >= 15 is 0 Å². The largest absolute Gasteiger partial charge is 0.334 e. The van der Waals surface area contributed by atoms with E-state index in [2.05, 4.69) is 20.7 Å². The Balaban J connectivity index is 1.80. The molecule has 2 aromatic rings. The minimum Gasteiger partial charge on any atom is -0.334 e. The number of aromatic nitrogens is 3. The predicted octanol–water partition coefficient (Wildman–Crippen LogP) is 1.49. The first-order valence-electron chi connectivity index (χ1n) is 5.69. The maximum atomic E-state index is 11.7. The van der Waals surface area contributed by atoms with Gasteiger partial charge in [0.15, 0.2) is 0 Å². The zero-order valence-electron chi connectivity index (χ0n) is 10.1. The predicted molar refractivity (Wildman–Crippen MR) is 68.1 cm³/mol. The van der Waals surface area contributed by atoms with Gasteiger partial charge in [0, 0.05) is 36.5 Å². The summed E-state index contributed by atoms with van der Waals surface area (Å²) in [5.74, 6) is 0. The van der Waals surface area contributed by atoms with E-state index in [1.807, 2.05) is 19.2 Å². The summed E-state index contributed by atoms with van der Waals surface area (Å²) in [5, 5.41) is 9.65. The number of pyridine rings is 1. The Hall–Kier alpha value is -2.37. The highest BCUT2D eigenvalue weighted by Gasteiger charge is 2.07. The van der Waals surface area contributed by atoms with Crippen LogP contribution in [0.15, 0.2) is 43.0 Å². The minimum absolute atomic E-state index is 0.00765. The summed E-state index contributed by atoms with van der Waals surface area (Å²) in [4.78, 5) is 15.6. The summed E-state index contributed by atoms with van der Waals surface area (Å²) in [7, 11) is 0. The highest BCUT2D eigenvalue weighted by molar-refractivity contribution is 5.89. The van der Waals surface area contributed by atoms with Gasteiger partial charge in [0.25, 0.3) is 0 Å². The van der Waals surface area contributed by atoms with Crippen molar-refractivity contribution < 1.29 is 4.79 Å². The first-order chi connectivity index (χ1) is 8.74.